The lowest BCUT2D eigenvalue weighted by Gasteiger charge is -2.36. The van der Waals surface area contributed by atoms with Gasteiger partial charge in [-0.15, -0.1) is 0 Å². The van der Waals surface area contributed by atoms with Crippen LogP contribution in [0.4, 0.5) is 0 Å². The van der Waals surface area contributed by atoms with Crippen LogP contribution >= 0.6 is 0 Å². The second-order valence-electron chi connectivity index (χ2n) is 12.4. The van der Waals surface area contributed by atoms with Gasteiger partial charge in [-0.25, -0.2) is 0 Å². The third-order valence-electron chi connectivity index (χ3n) is 10.7. The van der Waals surface area contributed by atoms with Gasteiger partial charge in [0.05, 0.1) is 22.8 Å². The lowest BCUT2D eigenvalue weighted by atomic mass is 9.76. The molecule has 4 atom stereocenters. The van der Waals surface area contributed by atoms with Gasteiger partial charge in [0.25, 0.3) is 0 Å². The van der Waals surface area contributed by atoms with Crippen LogP contribution in [0.3, 0.4) is 0 Å². The van der Waals surface area contributed by atoms with E-state index in [1.54, 1.807) is 0 Å². The van der Waals surface area contributed by atoms with E-state index in [0.717, 1.165) is 70.0 Å². The highest BCUT2D eigenvalue weighted by Crippen LogP contribution is 2.50. The first-order valence-electron chi connectivity index (χ1n) is 16.6. The second kappa shape index (κ2) is 11.4. The van der Waals surface area contributed by atoms with E-state index in [2.05, 4.69) is 37.7 Å². The molecule has 0 spiro atoms. The zero-order valence-corrected chi connectivity index (χ0v) is 27.6. The molecular weight excluding hydrogens is 552 g/mol. The van der Waals surface area contributed by atoms with Crippen molar-refractivity contribution < 1.29 is 20.4 Å². The smallest absolute Gasteiger partial charge is 0.140 e. The molecule has 2 aliphatic heterocycles. The zero-order valence-electron chi connectivity index (χ0n) is 27.6. The molecule has 0 aliphatic carbocycles. The maximum absolute atomic E-state index is 12.2. The number of aliphatic hydroxyl groups is 4. The average molecular weight is 603 g/mol. The molecule has 3 aromatic rings. The Morgan fingerprint density at radius 3 is 0.795 bits per heavy atom. The minimum Gasteiger partial charge on any atom is -0.380 e. The fourth-order valence-electron chi connectivity index (χ4n) is 7.88. The summed E-state index contributed by atoms with van der Waals surface area (Å²) in [5.41, 5.74) is 2.84. The van der Waals surface area contributed by atoms with Gasteiger partial charge in [0, 0.05) is 22.1 Å². The summed E-state index contributed by atoms with van der Waals surface area (Å²) < 4.78 is 0. The highest BCUT2D eigenvalue weighted by Gasteiger charge is 2.56. The van der Waals surface area contributed by atoms with Crippen molar-refractivity contribution in [1.29, 1.82) is 0 Å². The summed E-state index contributed by atoms with van der Waals surface area (Å²) in [5.74, 6) is 0. The minimum atomic E-state index is -1.59. The van der Waals surface area contributed by atoms with Crippen LogP contribution in [0.15, 0.2) is 24.3 Å². The van der Waals surface area contributed by atoms with Gasteiger partial charge < -0.3 is 30.4 Å². The Morgan fingerprint density at radius 2 is 0.636 bits per heavy atom. The Kier molecular flexibility index (Phi) is 8.38. The summed E-state index contributed by atoms with van der Waals surface area (Å²) in [6.45, 7) is 15.9. The Hall–Kier alpha value is -3.04. The number of aromatic nitrogens is 4. The number of hydrogen-bond donors (Lipinski definition) is 6. The Labute approximate surface area is 260 Å². The fraction of sp³-hybridized carbons (Fsp3) is 0.556. The van der Waals surface area contributed by atoms with E-state index in [0.29, 0.717) is 22.8 Å². The van der Waals surface area contributed by atoms with Gasteiger partial charge in [-0.2, -0.15) is 0 Å². The number of fused-ring (bicyclic) bond motifs is 8. The van der Waals surface area contributed by atoms with Gasteiger partial charge in [0.15, 0.2) is 0 Å². The quantitative estimate of drug-likeness (QED) is 0.178. The Bertz CT molecular complexity index is 1500. The highest BCUT2D eigenvalue weighted by atomic mass is 16.4. The third kappa shape index (κ3) is 4.25. The van der Waals surface area contributed by atoms with Crippen LogP contribution in [0.5, 0.6) is 0 Å². The van der Waals surface area contributed by atoms with Crippen molar-refractivity contribution >= 4 is 22.1 Å². The molecule has 8 heteroatoms. The van der Waals surface area contributed by atoms with Gasteiger partial charge in [0.2, 0.25) is 0 Å². The lowest BCUT2D eigenvalue weighted by Crippen LogP contribution is -2.45. The molecule has 5 heterocycles. The van der Waals surface area contributed by atoms with Crippen LogP contribution < -0.4 is 0 Å². The lowest BCUT2D eigenvalue weighted by molar-refractivity contribution is -0.162. The second-order valence-corrected chi connectivity index (χ2v) is 12.4. The summed E-state index contributed by atoms with van der Waals surface area (Å²) in [5, 5.41) is 48.7. The van der Waals surface area contributed by atoms with Crippen LogP contribution in [0.1, 0.15) is 126 Å². The topological polar surface area (TPSA) is 138 Å². The maximum Gasteiger partial charge on any atom is 0.140 e. The molecule has 8 bridgehead atoms. The summed E-state index contributed by atoms with van der Waals surface area (Å²) in [4.78, 5) is 17.0. The predicted molar refractivity (Wildman–Crippen MR) is 175 cm³/mol. The average Bonchev–Trinajstić information content (AvgIpc) is 3.67. The first-order valence-corrected chi connectivity index (χ1v) is 16.6. The molecule has 5 rings (SSSR count). The largest absolute Gasteiger partial charge is 0.380 e. The summed E-state index contributed by atoms with van der Waals surface area (Å²) in [7, 11) is 0. The molecule has 0 aromatic carbocycles. The standard InChI is InChI=1S/C36H50N4O4/c1-9-21-22(10-2)26-18-30-34(42,14-6)36(44,16-8)32(40-30)20-28-24(12-4)23(11-3)27(38-28)19-31-35(43,15-7)33(41,13-5)29(39-31)17-25(21)37-26/h17-20,37-38,41-44H,9-16H2,1-8H3/t33-,34?,35+,36?. The minimum absolute atomic E-state index is 0.282. The van der Waals surface area contributed by atoms with E-state index >= 15 is 0 Å². The zero-order chi connectivity index (χ0) is 32.2. The normalized spacial score (nSPS) is 26.8. The number of aryl methyl sites for hydroxylation is 4. The SMILES string of the molecule is CCc1c(CC)c2cc3nc(cc4[nH]c(cc5nc(cc1[nH]2)C(O)(CC)C5(O)CC)c(CC)c4CC)[C@@](O)(CC)[C@@]3(O)CC. The molecular formula is C36H50N4O4. The third-order valence-corrected chi connectivity index (χ3v) is 10.7. The van der Waals surface area contributed by atoms with Gasteiger partial charge in [-0.1, -0.05) is 55.4 Å². The number of hydrogen-bond acceptors (Lipinski definition) is 6. The first-order chi connectivity index (χ1) is 20.9. The molecule has 44 heavy (non-hydrogen) atoms. The van der Waals surface area contributed by atoms with Gasteiger partial charge in [0.1, 0.15) is 22.4 Å². The van der Waals surface area contributed by atoms with Crippen molar-refractivity contribution in [2.24, 2.45) is 0 Å². The summed E-state index contributed by atoms with van der Waals surface area (Å²) in [6, 6.07) is 7.50. The van der Waals surface area contributed by atoms with E-state index in [9.17, 15) is 20.4 Å². The number of nitrogens with zero attached hydrogens (tertiary/aromatic N) is 2. The number of aromatic amines is 2. The van der Waals surface area contributed by atoms with E-state index in [-0.39, 0.29) is 25.7 Å². The predicted octanol–water partition coefficient (Wildman–Crippen LogP) is 6.36. The van der Waals surface area contributed by atoms with Crippen molar-refractivity contribution in [2.45, 2.75) is 129 Å². The molecule has 8 nitrogen and oxygen atoms in total. The summed E-state index contributed by atoms with van der Waals surface area (Å²) in [6.07, 6.45) is 4.06. The van der Waals surface area contributed by atoms with Gasteiger partial charge in [-0.3, -0.25) is 9.97 Å². The van der Waals surface area contributed by atoms with Crippen molar-refractivity contribution in [3.8, 4) is 0 Å². The fourth-order valence-corrected chi connectivity index (χ4v) is 7.88. The van der Waals surface area contributed by atoms with E-state index < -0.39 is 22.4 Å². The molecule has 2 unspecified atom stereocenters. The molecule has 0 fully saturated rings. The Balaban J connectivity index is 2.08. The molecule has 6 N–H and O–H groups in total. The van der Waals surface area contributed by atoms with Crippen LogP contribution in [0.25, 0.3) is 22.1 Å². The summed E-state index contributed by atoms with van der Waals surface area (Å²) >= 11 is 0. The molecule has 3 aromatic heterocycles. The van der Waals surface area contributed by atoms with Crippen LogP contribution in [-0.2, 0) is 48.1 Å². The number of H-pyrrole nitrogens is 2. The van der Waals surface area contributed by atoms with Crippen molar-refractivity contribution in [3.05, 3.63) is 69.3 Å². The van der Waals surface area contributed by atoms with Crippen LogP contribution in [0.2, 0.25) is 0 Å². The van der Waals surface area contributed by atoms with Crippen molar-refractivity contribution in [1.82, 2.24) is 19.9 Å². The van der Waals surface area contributed by atoms with Gasteiger partial charge in [-0.05, 0) is 97.9 Å². The number of rotatable bonds is 8. The Morgan fingerprint density at radius 1 is 0.432 bits per heavy atom. The molecule has 0 amide bonds. The maximum atomic E-state index is 12.2. The van der Waals surface area contributed by atoms with E-state index in [4.69, 9.17) is 9.97 Å². The monoisotopic (exact) mass is 602 g/mol. The van der Waals surface area contributed by atoms with E-state index in [1.165, 1.54) is 0 Å². The molecule has 2 aliphatic rings. The van der Waals surface area contributed by atoms with Crippen LogP contribution in [-0.4, -0.2) is 40.4 Å². The molecule has 0 saturated heterocycles. The molecule has 0 saturated carbocycles. The first kappa shape index (κ1) is 32.4. The molecule has 238 valence electrons. The van der Waals surface area contributed by atoms with E-state index in [1.807, 2.05) is 52.0 Å². The van der Waals surface area contributed by atoms with Crippen LogP contribution in [0, 0.1) is 0 Å². The highest BCUT2D eigenvalue weighted by molar-refractivity contribution is 5.74. The van der Waals surface area contributed by atoms with Crippen molar-refractivity contribution in [2.75, 3.05) is 0 Å². The van der Waals surface area contributed by atoms with Crippen molar-refractivity contribution in [3.63, 3.8) is 0 Å². The molecule has 0 radical (unpaired) electrons. The number of nitrogens with one attached hydrogen (secondary N) is 2. The van der Waals surface area contributed by atoms with Gasteiger partial charge >= 0.3 is 0 Å².